The number of methoxy groups -OCH3 is 3. The number of ether oxygens (including phenoxy) is 6. The van der Waals surface area contributed by atoms with Gasteiger partial charge in [-0.25, -0.2) is 4.74 Å². The lowest BCUT2D eigenvalue weighted by Crippen LogP contribution is -2.79. The lowest BCUT2D eigenvalue weighted by Gasteiger charge is -2.71. The minimum atomic E-state index is -1.04. The van der Waals surface area contributed by atoms with Gasteiger partial charge in [0, 0.05) is 71.7 Å². The number of hydrogen-bond acceptors (Lipinski definition) is 10. The van der Waals surface area contributed by atoms with Gasteiger partial charge in [0.1, 0.15) is 23.2 Å². The molecular formula is C28H39NO10. The largest absolute Gasteiger partial charge is 0.624 e. The maximum Gasteiger partial charge on any atom is 0.303 e. The first-order valence-electron chi connectivity index (χ1n) is 13.9. The van der Waals surface area contributed by atoms with E-state index < -0.39 is 64.7 Å². The van der Waals surface area contributed by atoms with E-state index in [4.69, 9.17) is 28.4 Å². The van der Waals surface area contributed by atoms with E-state index >= 15 is 0 Å². The first-order chi connectivity index (χ1) is 18.5. The van der Waals surface area contributed by atoms with Crippen molar-refractivity contribution in [3.8, 4) is 0 Å². The van der Waals surface area contributed by atoms with Gasteiger partial charge in [-0.1, -0.05) is 0 Å². The normalized spacial score (nSPS) is 50.2. The summed E-state index contributed by atoms with van der Waals surface area (Å²) in [7, 11) is 4.80. The number of carbonyl (C=O) groups excluding carboxylic acids is 3. The SMILES string of the molecule is COC[C@]12C=[N+]([O-])C3[C@@H]4[C@H](OC)[C@H]1[C@@]3(CC[C@H]2OC(C)=O)[C@@H]1CC2[C@@H](OC(C)=O)[C@H](OC)C[C@@]4(OC(C)=O)[C@@H]21. The molecule has 0 N–H and O–H groups in total. The highest BCUT2D eigenvalue weighted by Gasteiger charge is 2.89. The Kier molecular flexibility index (Phi) is 6.14. The molecule has 5 fully saturated rings. The Hall–Kier alpha value is -2.24. The zero-order valence-corrected chi connectivity index (χ0v) is 23.4. The maximum absolute atomic E-state index is 14.2. The lowest BCUT2D eigenvalue weighted by molar-refractivity contribution is -0.563. The van der Waals surface area contributed by atoms with Crippen molar-refractivity contribution in [2.24, 2.45) is 40.4 Å². The third-order valence-electron chi connectivity index (χ3n) is 11.3. The Balaban J connectivity index is 1.57. The zero-order chi connectivity index (χ0) is 28.1. The number of fused-ring (bicyclic) bond motifs is 1. The van der Waals surface area contributed by atoms with Gasteiger partial charge in [-0.05, 0) is 25.2 Å². The summed E-state index contributed by atoms with van der Waals surface area (Å²) >= 11 is 0. The van der Waals surface area contributed by atoms with Crippen LogP contribution in [0, 0.1) is 45.6 Å². The van der Waals surface area contributed by atoms with E-state index in [9.17, 15) is 19.6 Å². The van der Waals surface area contributed by atoms with Crippen LogP contribution < -0.4 is 0 Å². The molecule has 1 spiro atoms. The number of hydroxylamine groups is 1. The van der Waals surface area contributed by atoms with Crippen LogP contribution >= 0.6 is 0 Å². The van der Waals surface area contributed by atoms with Gasteiger partial charge in [0.25, 0.3) is 0 Å². The molecule has 0 aromatic heterocycles. The highest BCUT2D eigenvalue weighted by Crippen LogP contribution is 2.80. The Morgan fingerprint density at radius 2 is 1.69 bits per heavy atom. The van der Waals surface area contributed by atoms with E-state index in [0.717, 1.165) is 4.74 Å². The second kappa shape index (κ2) is 8.88. The summed E-state index contributed by atoms with van der Waals surface area (Å²) in [6.07, 6.45) is 1.93. The van der Waals surface area contributed by atoms with Crippen LogP contribution in [0.2, 0.25) is 0 Å². The quantitative estimate of drug-likeness (QED) is 0.199. The molecule has 0 aromatic carbocycles. The highest BCUT2D eigenvalue weighted by atomic mass is 16.6. The predicted octanol–water partition coefficient (Wildman–Crippen LogP) is 1.47. The first-order valence-corrected chi connectivity index (χ1v) is 13.9. The Morgan fingerprint density at radius 1 is 0.974 bits per heavy atom. The fourth-order valence-electron chi connectivity index (χ4n) is 10.9. The second-order valence-corrected chi connectivity index (χ2v) is 12.6. The lowest BCUT2D eigenvalue weighted by atomic mass is 9.35. The Bertz CT molecular complexity index is 1110. The van der Waals surface area contributed by atoms with Crippen LogP contribution in [0.15, 0.2) is 0 Å². The molecule has 5 bridgehead atoms. The molecule has 1 heterocycles. The van der Waals surface area contributed by atoms with Crippen molar-refractivity contribution >= 4 is 24.1 Å². The summed E-state index contributed by atoms with van der Waals surface area (Å²) < 4.78 is 37.1. The van der Waals surface area contributed by atoms with Crippen molar-refractivity contribution in [3.63, 3.8) is 0 Å². The van der Waals surface area contributed by atoms with Crippen LogP contribution in [-0.4, -0.2) is 92.9 Å². The minimum absolute atomic E-state index is 0.0174. The van der Waals surface area contributed by atoms with Gasteiger partial charge in [0.15, 0.2) is 12.3 Å². The number of rotatable bonds is 7. The molecule has 11 heteroatoms. The van der Waals surface area contributed by atoms with E-state index in [1.54, 1.807) is 27.5 Å². The van der Waals surface area contributed by atoms with E-state index in [0.29, 0.717) is 25.7 Å². The number of nitrogens with zero attached hydrogens (tertiary/aromatic N) is 1. The molecular weight excluding hydrogens is 510 g/mol. The second-order valence-electron chi connectivity index (χ2n) is 12.6. The summed E-state index contributed by atoms with van der Waals surface area (Å²) in [5.74, 6) is -2.07. The third-order valence-corrected chi connectivity index (χ3v) is 11.3. The molecule has 0 radical (unpaired) electrons. The molecule has 0 saturated heterocycles. The molecule has 6 rings (SSSR count). The monoisotopic (exact) mass is 549 g/mol. The molecule has 5 saturated carbocycles. The van der Waals surface area contributed by atoms with Gasteiger partial charge in [-0.15, -0.1) is 0 Å². The van der Waals surface area contributed by atoms with E-state index in [1.165, 1.54) is 20.8 Å². The molecule has 11 nitrogen and oxygen atoms in total. The van der Waals surface area contributed by atoms with Gasteiger partial charge >= 0.3 is 17.9 Å². The Morgan fingerprint density at radius 3 is 2.28 bits per heavy atom. The summed E-state index contributed by atoms with van der Waals surface area (Å²) in [5.41, 5.74) is -2.41. The molecule has 0 aromatic rings. The minimum Gasteiger partial charge on any atom is -0.624 e. The van der Waals surface area contributed by atoms with E-state index in [-0.39, 0.29) is 36.2 Å². The molecule has 39 heavy (non-hydrogen) atoms. The maximum atomic E-state index is 14.2. The van der Waals surface area contributed by atoms with Crippen molar-refractivity contribution < 1.29 is 47.5 Å². The van der Waals surface area contributed by atoms with Crippen molar-refractivity contribution in [2.45, 2.75) is 82.5 Å². The van der Waals surface area contributed by atoms with Crippen LogP contribution in [-0.2, 0) is 42.8 Å². The summed E-state index contributed by atoms with van der Waals surface area (Å²) in [5, 5.41) is 14.2. The van der Waals surface area contributed by atoms with Crippen molar-refractivity contribution in [1.82, 2.24) is 0 Å². The highest BCUT2D eigenvalue weighted by molar-refractivity contribution is 5.71. The summed E-state index contributed by atoms with van der Waals surface area (Å²) in [6, 6.07) is -0.486. The van der Waals surface area contributed by atoms with Gasteiger partial charge in [-0.3, -0.25) is 14.4 Å². The van der Waals surface area contributed by atoms with Crippen LogP contribution in [0.5, 0.6) is 0 Å². The molecule has 6 aliphatic rings. The fraction of sp³-hybridized carbons (Fsp3) is 0.857. The molecule has 2 unspecified atom stereocenters. The summed E-state index contributed by atoms with van der Waals surface area (Å²) in [6.45, 7) is 4.36. The van der Waals surface area contributed by atoms with Gasteiger partial charge in [-0.2, -0.15) is 0 Å². The third kappa shape index (κ3) is 3.21. The van der Waals surface area contributed by atoms with Crippen LogP contribution in [0.1, 0.15) is 46.5 Å². The van der Waals surface area contributed by atoms with Crippen molar-refractivity contribution in [2.75, 3.05) is 27.9 Å². The smallest absolute Gasteiger partial charge is 0.303 e. The number of hydrogen-bond donors (Lipinski definition) is 0. The van der Waals surface area contributed by atoms with Gasteiger partial charge in [0.05, 0.1) is 24.7 Å². The molecule has 216 valence electrons. The van der Waals surface area contributed by atoms with Crippen LogP contribution in [0.4, 0.5) is 0 Å². The molecule has 13 atom stereocenters. The standard InChI is InChI=1S/C28H39NO10/c1-13(30)37-19-7-8-27-17-9-16-20(17)28(39-15(3)32,10-18(35-5)22(16)38-14(2)31)21-23(36-6)24(27)26(19,12-34-4)11-29(33)25(21)27/h11,16-25H,7-10,12H2,1-6H3/t16?,17-,18-,19-,20+,21+,22-,23+,24-,25?,26+,27-,28-/m1/s1. The Labute approximate surface area is 228 Å². The van der Waals surface area contributed by atoms with Crippen LogP contribution in [0.3, 0.4) is 0 Å². The average Bonchev–Trinajstić information content (AvgIpc) is 3.03. The fourth-order valence-corrected chi connectivity index (χ4v) is 10.9. The predicted molar refractivity (Wildman–Crippen MR) is 133 cm³/mol. The van der Waals surface area contributed by atoms with Gasteiger partial charge < -0.3 is 33.6 Å². The van der Waals surface area contributed by atoms with Crippen molar-refractivity contribution in [1.29, 1.82) is 0 Å². The van der Waals surface area contributed by atoms with E-state index in [1.807, 2.05) is 0 Å². The van der Waals surface area contributed by atoms with Crippen molar-refractivity contribution in [3.05, 3.63) is 5.21 Å². The number of esters is 3. The van der Waals surface area contributed by atoms with Crippen LogP contribution in [0.25, 0.3) is 0 Å². The average molecular weight is 550 g/mol. The first kappa shape index (κ1) is 27.0. The topological polar surface area (TPSA) is 133 Å². The summed E-state index contributed by atoms with van der Waals surface area (Å²) in [4.78, 5) is 37.1. The van der Waals surface area contributed by atoms with E-state index in [2.05, 4.69) is 0 Å². The molecule has 0 amide bonds. The molecule has 5 aliphatic carbocycles. The zero-order valence-electron chi connectivity index (χ0n) is 23.4. The number of carbonyl (C=O) groups is 3. The molecule has 1 aliphatic heterocycles. The van der Waals surface area contributed by atoms with Gasteiger partial charge in [0.2, 0.25) is 0 Å².